The van der Waals surface area contributed by atoms with Crippen molar-refractivity contribution in [1.29, 1.82) is 0 Å². The zero-order valence-electron chi connectivity index (χ0n) is 18.4. The van der Waals surface area contributed by atoms with Crippen molar-refractivity contribution in [1.82, 2.24) is 25.6 Å². The van der Waals surface area contributed by atoms with Crippen molar-refractivity contribution in [2.75, 3.05) is 6.54 Å². The quantitative estimate of drug-likeness (QED) is 0.407. The summed E-state index contributed by atoms with van der Waals surface area (Å²) in [6.45, 7) is 6.12. The van der Waals surface area contributed by atoms with Gasteiger partial charge in [-0.3, -0.25) is 0 Å². The molecular formula is C21H30N6O5. The van der Waals surface area contributed by atoms with Crippen LogP contribution in [0.5, 0.6) is 0 Å². The number of nitrogens with one attached hydrogen (secondary N) is 2. The topological polar surface area (TPSA) is 161 Å². The van der Waals surface area contributed by atoms with Gasteiger partial charge in [0.05, 0.1) is 12.2 Å². The molecule has 0 saturated heterocycles. The third-order valence-corrected chi connectivity index (χ3v) is 4.72. The summed E-state index contributed by atoms with van der Waals surface area (Å²) in [5.41, 5.74) is 5.84. The lowest BCUT2D eigenvalue weighted by atomic mass is 9.85. The number of hydrogen-bond acceptors (Lipinski definition) is 6. The highest BCUT2D eigenvalue weighted by molar-refractivity contribution is 5.72. The maximum absolute atomic E-state index is 12.4. The van der Waals surface area contributed by atoms with Gasteiger partial charge in [0.25, 0.3) is 0 Å². The van der Waals surface area contributed by atoms with E-state index in [4.69, 9.17) is 10.5 Å². The number of carbonyl (C=O) groups excluding carboxylic acids is 2. The van der Waals surface area contributed by atoms with Crippen molar-refractivity contribution < 1.29 is 24.2 Å². The van der Waals surface area contributed by atoms with E-state index in [0.717, 1.165) is 5.56 Å². The van der Waals surface area contributed by atoms with Crippen LogP contribution in [-0.4, -0.2) is 44.7 Å². The molecule has 0 aliphatic carbocycles. The van der Waals surface area contributed by atoms with Gasteiger partial charge in [0.1, 0.15) is 12.3 Å². The Balaban J connectivity index is 2.07. The molecule has 1 aromatic carbocycles. The van der Waals surface area contributed by atoms with Crippen molar-refractivity contribution in [2.24, 2.45) is 11.1 Å². The highest BCUT2D eigenvalue weighted by atomic mass is 16.5. The van der Waals surface area contributed by atoms with Gasteiger partial charge in [0.15, 0.2) is 6.04 Å². The highest BCUT2D eigenvalue weighted by Crippen LogP contribution is 2.32. The first-order valence-corrected chi connectivity index (χ1v) is 10.2. The van der Waals surface area contributed by atoms with E-state index >= 15 is 0 Å². The number of amides is 3. The van der Waals surface area contributed by atoms with E-state index in [1.165, 1.54) is 10.9 Å². The second-order valence-corrected chi connectivity index (χ2v) is 8.42. The number of nitrogens with zero attached hydrogens (tertiary/aromatic N) is 3. The van der Waals surface area contributed by atoms with Crippen molar-refractivity contribution >= 4 is 18.1 Å². The minimum absolute atomic E-state index is 0.122. The van der Waals surface area contributed by atoms with Crippen LogP contribution in [0.25, 0.3) is 0 Å². The predicted octanol–water partition coefficient (Wildman–Crippen LogP) is 2.37. The fraction of sp³-hybridized carbons (Fsp3) is 0.476. The number of nitrogens with two attached hydrogens (primary N) is 1. The number of aliphatic carboxylic acids is 1. The van der Waals surface area contributed by atoms with E-state index in [1.54, 1.807) is 0 Å². The third kappa shape index (κ3) is 7.56. The molecular weight excluding hydrogens is 416 g/mol. The first-order valence-electron chi connectivity index (χ1n) is 10.2. The Kier molecular flexibility index (Phi) is 8.56. The Morgan fingerprint density at radius 1 is 1.22 bits per heavy atom. The van der Waals surface area contributed by atoms with E-state index < -0.39 is 35.6 Å². The minimum atomic E-state index is -1.08. The normalized spacial score (nSPS) is 13.1. The molecule has 11 heteroatoms. The number of carbonyl (C=O) groups is 3. The molecule has 5 N–H and O–H groups in total. The van der Waals surface area contributed by atoms with E-state index in [9.17, 15) is 19.5 Å². The van der Waals surface area contributed by atoms with Gasteiger partial charge in [-0.15, -0.1) is 5.10 Å². The summed E-state index contributed by atoms with van der Waals surface area (Å²) in [4.78, 5) is 34.9. The van der Waals surface area contributed by atoms with Crippen LogP contribution < -0.4 is 16.4 Å². The first-order chi connectivity index (χ1) is 15.1. The lowest BCUT2D eigenvalue weighted by Gasteiger charge is -2.29. The summed E-state index contributed by atoms with van der Waals surface area (Å²) in [5, 5.41) is 22.9. The molecule has 0 aliphatic rings. The monoisotopic (exact) mass is 446 g/mol. The number of benzene rings is 1. The fourth-order valence-electron chi connectivity index (χ4n) is 3.07. The SMILES string of the molecule is CC(C)(C)[C@H](NC(=O)OCc1ccccc1)c1cn([C@@H](CCCNC(N)=O)C(=O)O)nn1. The first kappa shape index (κ1) is 24.6. The maximum atomic E-state index is 12.4. The molecule has 11 nitrogen and oxygen atoms in total. The van der Waals surface area contributed by atoms with Gasteiger partial charge in [0.2, 0.25) is 0 Å². The zero-order valence-corrected chi connectivity index (χ0v) is 18.4. The third-order valence-electron chi connectivity index (χ3n) is 4.72. The average Bonchev–Trinajstić information content (AvgIpc) is 3.19. The lowest BCUT2D eigenvalue weighted by Crippen LogP contribution is -2.37. The van der Waals surface area contributed by atoms with Crippen molar-refractivity contribution in [3.63, 3.8) is 0 Å². The van der Waals surface area contributed by atoms with Crippen LogP contribution in [0, 0.1) is 5.41 Å². The van der Waals surface area contributed by atoms with Crippen LogP contribution in [0.15, 0.2) is 36.5 Å². The van der Waals surface area contributed by atoms with Gasteiger partial charge in [-0.2, -0.15) is 0 Å². The Morgan fingerprint density at radius 2 is 1.91 bits per heavy atom. The molecule has 0 radical (unpaired) electrons. The summed E-state index contributed by atoms with van der Waals surface area (Å²) in [7, 11) is 0. The number of rotatable bonds is 10. The van der Waals surface area contributed by atoms with Crippen molar-refractivity contribution in [2.45, 2.75) is 52.3 Å². The van der Waals surface area contributed by atoms with Gasteiger partial charge in [-0.25, -0.2) is 19.1 Å². The molecule has 0 spiro atoms. The number of primary amides is 1. The summed E-state index contributed by atoms with van der Waals surface area (Å²) in [6, 6.07) is 7.09. The second-order valence-electron chi connectivity index (χ2n) is 8.42. The van der Waals surface area contributed by atoms with Crippen LogP contribution >= 0.6 is 0 Å². The van der Waals surface area contributed by atoms with Crippen molar-refractivity contribution in [3.8, 4) is 0 Å². The summed E-state index contributed by atoms with van der Waals surface area (Å²) in [5.74, 6) is -1.08. The van der Waals surface area contributed by atoms with E-state index in [1.807, 2.05) is 51.1 Å². The predicted molar refractivity (Wildman–Crippen MR) is 115 cm³/mol. The van der Waals surface area contributed by atoms with Gasteiger partial charge in [-0.05, 0) is 23.8 Å². The largest absolute Gasteiger partial charge is 0.480 e. The number of alkyl carbamates (subject to hydrolysis) is 1. The minimum Gasteiger partial charge on any atom is -0.480 e. The van der Waals surface area contributed by atoms with Gasteiger partial charge < -0.3 is 26.2 Å². The number of urea groups is 1. The molecule has 0 aliphatic heterocycles. The zero-order chi connectivity index (χ0) is 23.7. The Hall–Kier alpha value is -3.63. The number of hydrogen-bond donors (Lipinski definition) is 4. The van der Waals surface area contributed by atoms with Gasteiger partial charge >= 0.3 is 18.1 Å². The number of carboxylic acids is 1. The summed E-state index contributed by atoms with van der Waals surface area (Å²) in [6.07, 6.45) is 1.50. The lowest BCUT2D eigenvalue weighted by molar-refractivity contribution is -0.141. The maximum Gasteiger partial charge on any atom is 0.408 e. The molecule has 2 rings (SSSR count). The van der Waals surface area contributed by atoms with Crippen LogP contribution in [-0.2, 0) is 16.1 Å². The molecule has 0 unspecified atom stereocenters. The van der Waals surface area contributed by atoms with Gasteiger partial charge in [0, 0.05) is 6.54 Å². The van der Waals surface area contributed by atoms with E-state index in [2.05, 4.69) is 20.9 Å². The highest BCUT2D eigenvalue weighted by Gasteiger charge is 2.32. The van der Waals surface area contributed by atoms with E-state index in [-0.39, 0.29) is 19.6 Å². The van der Waals surface area contributed by atoms with Crippen LogP contribution in [0.1, 0.15) is 57.0 Å². The van der Waals surface area contributed by atoms with Crippen LogP contribution in [0.2, 0.25) is 0 Å². The molecule has 0 bridgehead atoms. The Bertz CT molecular complexity index is 909. The van der Waals surface area contributed by atoms with Crippen LogP contribution in [0.3, 0.4) is 0 Å². The van der Waals surface area contributed by atoms with Crippen molar-refractivity contribution in [3.05, 3.63) is 47.8 Å². The molecule has 0 fully saturated rings. The molecule has 2 atom stereocenters. The number of carboxylic acid groups (broad SMARTS) is 1. The second kappa shape index (κ2) is 11.1. The molecule has 2 aromatic rings. The summed E-state index contributed by atoms with van der Waals surface area (Å²) >= 11 is 0. The summed E-state index contributed by atoms with van der Waals surface area (Å²) < 4.78 is 6.56. The standard InChI is InChI=1S/C21H30N6O5/c1-21(2,3)17(24-20(31)32-13-14-8-5-4-6-9-14)15-12-27(26-25-15)16(18(28)29)10-7-11-23-19(22)30/h4-6,8-9,12,16-17H,7,10-11,13H2,1-3H3,(H,24,31)(H,28,29)(H3,22,23,30)/t16-,17+/m0/s1. The average molecular weight is 447 g/mol. The number of aromatic nitrogens is 3. The van der Waals surface area contributed by atoms with E-state index in [0.29, 0.717) is 12.1 Å². The fourth-order valence-corrected chi connectivity index (χ4v) is 3.07. The van der Waals surface area contributed by atoms with Gasteiger partial charge in [-0.1, -0.05) is 56.3 Å². The number of ether oxygens (including phenoxy) is 1. The molecule has 0 saturated carbocycles. The molecule has 3 amide bonds. The van der Waals surface area contributed by atoms with Crippen LogP contribution in [0.4, 0.5) is 9.59 Å². The molecule has 1 aromatic heterocycles. The Labute approximate surface area is 186 Å². The smallest absolute Gasteiger partial charge is 0.408 e. The Morgan fingerprint density at radius 3 is 2.50 bits per heavy atom. The molecule has 174 valence electrons. The molecule has 32 heavy (non-hydrogen) atoms. The molecule has 1 heterocycles.